The first kappa shape index (κ1) is 15.1. The van der Waals surface area contributed by atoms with Crippen molar-refractivity contribution in [3.8, 4) is 0 Å². The second-order valence-corrected chi connectivity index (χ2v) is 6.51. The van der Waals surface area contributed by atoms with Crippen molar-refractivity contribution in [2.75, 3.05) is 4.72 Å². The quantitative estimate of drug-likeness (QED) is 0.903. The van der Waals surface area contributed by atoms with E-state index in [0.29, 0.717) is 16.3 Å². The minimum atomic E-state index is -3.79. The molecule has 0 fully saturated rings. The maximum Gasteiger partial charge on any atom is 0.263 e. The number of rotatable bonds is 4. The molecule has 0 saturated carbocycles. The van der Waals surface area contributed by atoms with Crippen molar-refractivity contribution in [1.29, 1.82) is 0 Å². The Morgan fingerprint density at radius 3 is 2.30 bits per heavy atom. The summed E-state index contributed by atoms with van der Waals surface area (Å²) in [4.78, 5) is -0.0483. The highest BCUT2D eigenvalue weighted by Crippen LogP contribution is 2.29. The number of anilines is 1. The van der Waals surface area contributed by atoms with Crippen molar-refractivity contribution in [2.24, 2.45) is 5.73 Å². The van der Waals surface area contributed by atoms with E-state index in [4.69, 9.17) is 28.9 Å². The lowest BCUT2D eigenvalue weighted by atomic mass is 10.2. The molecule has 0 aliphatic carbocycles. The van der Waals surface area contributed by atoms with Crippen LogP contribution in [0.15, 0.2) is 47.4 Å². The van der Waals surface area contributed by atoms with E-state index in [9.17, 15) is 8.42 Å². The van der Waals surface area contributed by atoms with E-state index in [-0.39, 0.29) is 16.5 Å². The SMILES string of the molecule is NCc1cc(S(=O)(=O)Nc2ccccc2)c(Cl)cc1Cl. The summed E-state index contributed by atoms with van der Waals surface area (Å²) >= 11 is 11.9. The van der Waals surface area contributed by atoms with E-state index in [0.717, 1.165) is 0 Å². The zero-order valence-corrected chi connectivity index (χ0v) is 12.6. The lowest BCUT2D eigenvalue weighted by molar-refractivity contribution is 0.601. The van der Waals surface area contributed by atoms with Gasteiger partial charge in [-0.05, 0) is 29.8 Å². The Morgan fingerprint density at radius 2 is 1.70 bits per heavy atom. The van der Waals surface area contributed by atoms with Crippen molar-refractivity contribution in [1.82, 2.24) is 0 Å². The van der Waals surface area contributed by atoms with E-state index >= 15 is 0 Å². The molecule has 0 aliphatic rings. The molecule has 4 nitrogen and oxygen atoms in total. The van der Waals surface area contributed by atoms with E-state index in [1.165, 1.54) is 12.1 Å². The summed E-state index contributed by atoms with van der Waals surface area (Å²) in [7, 11) is -3.79. The van der Waals surface area contributed by atoms with Crippen LogP contribution in [0.3, 0.4) is 0 Å². The Morgan fingerprint density at radius 1 is 1.05 bits per heavy atom. The van der Waals surface area contributed by atoms with Gasteiger partial charge >= 0.3 is 0 Å². The van der Waals surface area contributed by atoms with E-state index in [1.54, 1.807) is 30.3 Å². The fourth-order valence-corrected chi connectivity index (χ4v) is 3.58. The van der Waals surface area contributed by atoms with Gasteiger partial charge in [0.2, 0.25) is 0 Å². The molecule has 7 heteroatoms. The highest BCUT2D eigenvalue weighted by molar-refractivity contribution is 7.92. The maximum absolute atomic E-state index is 12.3. The zero-order valence-electron chi connectivity index (χ0n) is 10.3. The monoisotopic (exact) mass is 330 g/mol. The van der Waals surface area contributed by atoms with Crippen molar-refractivity contribution < 1.29 is 8.42 Å². The van der Waals surface area contributed by atoms with Crippen LogP contribution in [0.2, 0.25) is 10.0 Å². The Kier molecular flexibility index (Phi) is 4.55. The average Bonchev–Trinajstić information content (AvgIpc) is 2.39. The number of hydrogen-bond donors (Lipinski definition) is 2. The van der Waals surface area contributed by atoms with Crippen molar-refractivity contribution in [3.63, 3.8) is 0 Å². The van der Waals surface area contributed by atoms with Gasteiger partial charge in [-0.1, -0.05) is 41.4 Å². The number of para-hydroxylation sites is 1. The van der Waals surface area contributed by atoms with Gasteiger partial charge in [-0.25, -0.2) is 8.42 Å². The molecule has 2 aromatic rings. The normalized spacial score (nSPS) is 11.3. The molecule has 0 spiro atoms. The molecular formula is C13H12Cl2N2O2S. The van der Waals surface area contributed by atoms with Gasteiger partial charge in [-0.15, -0.1) is 0 Å². The van der Waals surface area contributed by atoms with Crippen LogP contribution in [-0.4, -0.2) is 8.42 Å². The van der Waals surface area contributed by atoms with E-state index in [2.05, 4.69) is 4.72 Å². The summed E-state index contributed by atoms with van der Waals surface area (Å²) < 4.78 is 27.1. The number of nitrogens with one attached hydrogen (secondary N) is 1. The average molecular weight is 331 g/mol. The minimum absolute atomic E-state index is 0.0483. The molecule has 106 valence electrons. The van der Waals surface area contributed by atoms with Crippen LogP contribution in [0, 0.1) is 0 Å². The van der Waals surface area contributed by atoms with Gasteiger partial charge in [-0.2, -0.15) is 0 Å². The Hall–Kier alpha value is -1.27. The molecule has 2 rings (SSSR count). The fourth-order valence-electron chi connectivity index (χ4n) is 1.65. The van der Waals surface area contributed by atoms with Crippen LogP contribution in [0.4, 0.5) is 5.69 Å². The molecular weight excluding hydrogens is 319 g/mol. The first-order valence-electron chi connectivity index (χ1n) is 5.70. The molecule has 2 aromatic carbocycles. The van der Waals surface area contributed by atoms with Crippen molar-refractivity contribution >= 4 is 38.9 Å². The Labute approximate surface area is 127 Å². The highest BCUT2D eigenvalue weighted by atomic mass is 35.5. The highest BCUT2D eigenvalue weighted by Gasteiger charge is 2.20. The summed E-state index contributed by atoms with van der Waals surface area (Å²) in [6.07, 6.45) is 0. The summed E-state index contributed by atoms with van der Waals surface area (Å²) in [6, 6.07) is 11.3. The summed E-state index contributed by atoms with van der Waals surface area (Å²) in [5.74, 6) is 0. The molecule has 20 heavy (non-hydrogen) atoms. The third kappa shape index (κ3) is 3.24. The lowest BCUT2D eigenvalue weighted by Crippen LogP contribution is -2.14. The molecule has 0 bridgehead atoms. The molecule has 0 unspecified atom stereocenters. The second kappa shape index (κ2) is 6.01. The molecule has 0 heterocycles. The Balaban J connectivity index is 2.44. The number of nitrogens with two attached hydrogens (primary N) is 1. The summed E-state index contributed by atoms with van der Waals surface area (Å²) in [6.45, 7) is 0.129. The molecule has 0 saturated heterocycles. The first-order valence-corrected chi connectivity index (χ1v) is 7.94. The second-order valence-electron chi connectivity index (χ2n) is 4.05. The molecule has 0 amide bonds. The van der Waals surface area contributed by atoms with E-state index < -0.39 is 10.0 Å². The summed E-state index contributed by atoms with van der Waals surface area (Å²) in [5.41, 5.74) is 6.49. The zero-order chi connectivity index (χ0) is 14.8. The van der Waals surface area contributed by atoms with Crippen LogP contribution in [0.5, 0.6) is 0 Å². The van der Waals surface area contributed by atoms with Crippen LogP contribution in [-0.2, 0) is 16.6 Å². The van der Waals surface area contributed by atoms with Gasteiger partial charge in [-0.3, -0.25) is 4.72 Å². The maximum atomic E-state index is 12.3. The fraction of sp³-hybridized carbons (Fsp3) is 0.0769. The molecule has 0 radical (unpaired) electrons. The first-order chi connectivity index (χ1) is 9.44. The van der Waals surface area contributed by atoms with Gasteiger partial charge in [0.05, 0.1) is 5.02 Å². The number of sulfonamides is 1. The molecule has 0 atom stereocenters. The van der Waals surface area contributed by atoms with Crippen LogP contribution >= 0.6 is 23.2 Å². The molecule has 0 aliphatic heterocycles. The van der Waals surface area contributed by atoms with Gasteiger partial charge in [0.15, 0.2) is 0 Å². The predicted molar refractivity (Wildman–Crippen MR) is 81.6 cm³/mol. The van der Waals surface area contributed by atoms with Crippen molar-refractivity contribution in [3.05, 3.63) is 58.1 Å². The number of hydrogen-bond acceptors (Lipinski definition) is 3. The largest absolute Gasteiger partial charge is 0.326 e. The lowest BCUT2D eigenvalue weighted by Gasteiger charge is -2.11. The molecule has 0 aromatic heterocycles. The number of benzene rings is 2. The minimum Gasteiger partial charge on any atom is -0.326 e. The topological polar surface area (TPSA) is 72.2 Å². The van der Waals surface area contributed by atoms with Crippen molar-refractivity contribution in [2.45, 2.75) is 11.4 Å². The standard InChI is InChI=1S/C13H12Cl2N2O2S/c14-11-7-12(15)13(6-9(11)8-16)20(18,19)17-10-4-2-1-3-5-10/h1-7,17H,8,16H2. The van der Waals surface area contributed by atoms with Crippen LogP contribution in [0.1, 0.15) is 5.56 Å². The smallest absolute Gasteiger partial charge is 0.263 e. The Bertz CT molecular complexity index is 719. The predicted octanol–water partition coefficient (Wildman–Crippen LogP) is 3.25. The van der Waals surface area contributed by atoms with Crippen LogP contribution in [0.25, 0.3) is 0 Å². The van der Waals surface area contributed by atoms with Gasteiger partial charge in [0.1, 0.15) is 4.90 Å². The van der Waals surface area contributed by atoms with Crippen LogP contribution < -0.4 is 10.5 Å². The van der Waals surface area contributed by atoms with Gasteiger partial charge in [0, 0.05) is 17.3 Å². The van der Waals surface area contributed by atoms with E-state index in [1.807, 2.05) is 0 Å². The third-order valence-electron chi connectivity index (χ3n) is 2.64. The van der Waals surface area contributed by atoms with Gasteiger partial charge < -0.3 is 5.73 Å². The van der Waals surface area contributed by atoms with Gasteiger partial charge in [0.25, 0.3) is 10.0 Å². The number of halogens is 2. The third-order valence-corrected chi connectivity index (χ3v) is 4.83. The summed E-state index contributed by atoms with van der Waals surface area (Å²) in [5, 5.41) is 0.395. The molecule has 3 N–H and O–H groups in total.